The fraction of sp³-hybridized carbons (Fsp3) is 0.667. The number of ether oxygens (including phenoxy) is 2. The first-order chi connectivity index (χ1) is 14.8. The van der Waals surface area contributed by atoms with E-state index in [4.69, 9.17) is 15.2 Å². The number of carbonyl (C=O) groups excluding carboxylic acids is 2. The molecule has 0 aromatic carbocycles. The Bertz CT molecular complexity index is 820. The molecule has 2 aliphatic heterocycles. The van der Waals surface area contributed by atoms with E-state index in [2.05, 4.69) is 10.3 Å². The van der Waals surface area contributed by atoms with Crippen LogP contribution >= 0.6 is 0 Å². The molecule has 8 nitrogen and oxygen atoms in total. The summed E-state index contributed by atoms with van der Waals surface area (Å²) in [5, 5.41) is 2.88. The molecule has 3 fully saturated rings. The molecule has 1 atom stereocenters. The van der Waals surface area contributed by atoms with Crippen LogP contribution in [0.15, 0.2) is 12.1 Å². The maximum atomic E-state index is 13.3. The highest BCUT2D eigenvalue weighted by Crippen LogP contribution is 2.38. The van der Waals surface area contributed by atoms with Gasteiger partial charge in [0.25, 0.3) is 11.8 Å². The van der Waals surface area contributed by atoms with E-state index in [1.165, 1.54) is 11.0 Å². The average molecular weight is 438 g/mol. The molecule has 10 heteroatoms. The lowest BCUT2D eigenvalue weighted by Gasteiger charge is -2.40. The number of primary amides is 1. The number of nitrogens with one attached hydrogen (secondary N) is 1. The van der Waals surface area contributed by atoms with Crippen LogP contribution in [0.4, 0.5) is 14.5 Å². The molecule has 31 heavy (non-hydrogen) atoms. The zero-order valence-electron chi connectivity index (χ0n) is 17.3. The van der Waals surface area contributed by atoms with E-state index >= 15 is 0 Å². The third kappa shape index (κ3) is 5.61. The maximum absolute atomic E-state index is 13.3. The van der Waals surface area contributed by atoms with Crippen molar-refractivity contribution in [3.05, 3.63) is 17.8 Å². The van der Waals surface area contributed by atoms with Crippen molar-refractivity contribution in [2.45, 2.75) is 44.1 Å². The van der Waals surface area contributed by atoms with E-state index in [1.54, 1.807) is 6.07 Å². The third-order valence-corrected chi connectivity index (χ3v) is 5.98. The monoisotopic (exact) mass is 438 g/mol. The molecule has 1 aliphatic carbocycles. The Balaban J connectivity index is 1.49. The highest BCUT2D eigenvalue weighted by molar-refractivity contribution is 5.93. The molecule has 0 bridgehead atoms. The summed E-state index contributed by atoms with van der Waals surface area (Å²) in [5.41, 5.74) is 5.96. The Hall–Kier alpha value is -2.49. The molecule has 4 rings (SSSR count). The second-order valence-electron chi connectivity index (χ2n) is 8.69. The Morgan fingerprint density at radius 2 is 1.97 bits per heavy atom. The van der Waals surface area contributed by atoms with Gasteiger partial charge in [-0.1, -0.05) is 0 Å². The molecule has 3 aliphatic rings. The lowest BCUT2D eigenvalue weighted by molar-refractivity contribution is -0.118. The van der Waals surface area contributed by atoms with Crippen LogP contribution in [0.1, 0.15) is 42.6 Å². The molecule has 1 unspecified atom stereocenters. The minimum atomic E-state index is -2.73. The van der Waals surface area contributed by atoms with E-state index in [0.29, 0.717) is 31.4 Å². The van der Waals surface area contributed by atoms with Gasteiger partial charge in [-0.3, -0.25) is 9.59 Å². The first kappa shape index (κ1) is 21.7. The molecule has 1 aromatic rings. The molecule has 0 radical (unpaired) electrons. The molecule has 170 valence electrons. The maximum Gasteiger partial charge on any atom is 0.282 e. The van der Waals surface area contributed by atoms with Crippen LogP contribution in [-0.2, 0) is 9.53 Å². The summed E-state index contributed by atoms with van der Waals surface area (Å²) in [6, 6.07) is 2.67. The number of hydrogen-bond acceptors (Lipinski definition) is 6. The first-order valence-electron chi connectivity index (χ1n) is 10.7. The summed E-state index contributed by atoms with van der Waals surface area (Å²) in [4.78, 5) is 30.3. The number of amides is 2. The molecule has 3 heterocycles. The van der Waals surface area contributed by atoms with Gasteiger partial charge in [-0.2, -0.15) is 0 Å². The Morgan fingerprint density at radius 3 is 2.58 bits per heavy atom. The topological polar surface area (TPSA) is 107 Å². The van der Waals surface area contributed by atoms with Crippen molar-refractivity contribution in [3.8, 4) is 5.88 Å². The lowest BCUT2D eigenvalue weighted by Crippen LogP contribution is -2.56. The lowest BCUT2D eigenvalue weighted by atomic mass is 9.89. The fourth-order valence-corrected chi connectivity index (χ4v) is 3.98. The molecular formula is C21H28F2N4O4. The van der Waals surface area contributed by atoms with Gasteiger partial charge in [0.2, 0.25) is 11.8 Å². The number of alkyl halides is 2. The van der Waals surface area contributed by atoms with Gasteiger partial charge in [-0.15, -0.1) is 0 Å². The number of carbonyl (C=O) groups is 2. The van der Waals surface area contributed by atoms with E-state index in [-0.39, 0.29) is 23.9 Å². The van der Waals surface area contributed by atoms with Gasteiger partial charge < -0.3 is 25.4 Å². The number of nitrogens with zero attached hydrogens (tertiary/aromatic N) is 2. The standard InChI is InChI=1S/C21H28F2N4O4/c22-21(23)11-27(12-21)17-4-3-15(26-20(17)31-10-13-1-2-13)19(29)25-16(9-18(24)28)14-5-7-30-8-6-14/h3-4,13-14,16H,1-2,5-12H2,(H2,24,28)(H,25,29). The number of nitrogens with two attached hydrogens (primary N) is 1. The Labute approximate surface area is 179 Å². The van der Waals surface area contributed by atoms with Crippen LogP contribution in [0.5, 0.6) is 5.88 Å². The van der Waals surface area contributed by atoms with Crippen molar-refractivity contribution in [2.24, 2.45) is 17.6 Å². The minimum absolute atomic E-state index is 0.0301. The van der Waals surface area contributed by atoms with Crippen molar-refractivity contribution in [3.63, 3.8) is 0 Å². The SMILES string of the molecule is NC(=O)CC(NC(=O)c1ccc(N2CC(F)(F)C2)c(OCC2CC2)n1)C1CCOCC1. The van der Waals surface area contributed by atoms with Crippen molar-refractivity contribution in [1.29, 1.82) is 0 Å². The highest BCUT2D eigenvalue weighted by atomic mass is 19.3. The summed E-state index contributed by atoms with van der Waals surface area (Å²) in [7, 11) is 0. The first-order valence-corrected chi connectivity index (χ1v) is 10.7. The number of aromatic nitrogens is 1. The van der Waals surface area contributed by atoms with Crippen LogP contribution in [0, 0.1) is 11.8 Å². The van der Waals surface area contributed by atoms with Crippen LogP contribution in [-0.4, -0.2) is 61.7 Å². The van der Waals surface area contributed by atoms with Gasteiger partial charge in [-0.25, -0.2) is 13.8 Å². The summed E-state index contributed by atoms with van der Waals surface area (Å²) in [6.07, 6.45) is 3.61. The third-order valence-electron chi connectivity index (χ3n) is 5.98. The van der Waals surface area contributed by atoms with Crippen molar-refractivity contribution in [2.75, 3.05) is 37.8 Å². The van der Waals surface area contributed by atoms with Crippen LogP contribution < -0.4 is 20.7 Å². The zero-order chi connectivity index (χ0) is 22.0. The summed E-state index contributed by atoms with van der Waals surface area (Å²) in [6.45, 7) is 0.793. The molecule has 2 saturated heterocycles. The van der Waals surface area contributed by atoms with Crippen LogP contribution in [0.3, 0.4) is 0 Å². The van der Waals surface area contributed by atoms with Gasteiger partial charge in [-0.05, 0) is 49.7 Å². The fourth-order valence-electron chi connectivity index (χ4n) is 3.98. The Kier molecular flexibility index (Phi) is 6.27. The predicted molar refractivity (Wildman–Crippen MR) is 108 cm³/mol. The number of pyridine rings is 1. The van der Waals surface area contributed by atoms with Crippen LogP contribution in [0.2, 0.25) is 0 Å². The number of rotatable bonds is 9. The number of halogens is 2. The van der Waals surface area contributed by atoms with E-state index < -0.39 is 36.9 Å². The molecule has 3 N–H and O–H groups in total. The Morgan fingerprint density at radius 1 is 1.26 bits per heavy atom. The summed E-state index contributed by atoms with van der Waals surface area (Å²) >= 11 is 0. The highest BCUT2D eigenvalue weighted by Gasteiger charge is 2.45. The normalized spacial score (nSPS) is 21.8. The van der Waals surface area contributed by atoms with Gasteiger partial charge in [0.15, 0.2) is 0 Å². The average Bonchev–Trinajstić information content (AvgIpc) is 3.54. The second-order valence-corrected chi connectivity index (χ2v) is 8.69. The van der Waals surface area contributed by atoms with Crippen LogP contribution in [0.25, 0.3) is 0 Å². The summed E-state index contributed by atoms with van der Waals surface area (Å²) < 4.78 is 37.9. The smallest absolute Gasteiger partial charge is 0.282 e. The van der Waals surface area contributed by atoms with Crippen molar-refractivity contribution in [1.82, 2.24) is 10.3 Å². The van der Waals surface area contributed by atoms with Gasteiger partial charge >= 0.3 is 0 Å². The molecule has 0 spiro atoms. The molecule has 2 amide bonds. The van der Waals surface area contributed by atoms with Gasteiger partial charge in [0, 0.05) is 25.7 Å². The van der Waals surface area contributed by atoms with E-state index in [0.717, 1.165) is 25.7 Å². The predicted octanol–water partition coefficient (Wildman–Crippen LogP) is 1.73. The van der Waals surface area contributed by atoms with E-state index in [9.17, 15) is 18.4 Å². The second kappa shape index (κ2) is 8.94. The number of anilines is 1. The summed E-state index contributed by atoms with van der Waals surface area (Å²) in [5.74, 6) is -2.96. The molecular weight excluding hydrogens is 410 g/mol. The molecule has 1 aromatic heterocycles. The quantitative estimate of drug-likeness (QED) is 0.608. The van der Waals surface area contributed by atoms with Gasteiger partial charge in [0.05, 0.1) is 19.7 Å². The van der Waals surface area contributed by atoms with E-state index in [1.807, 2.05) is 0 Å². The minimum Gasteiger partial charge on any atom is -0.476 e. The largest absolute Gasteiger partial charge is 0.476 e. The van der Waals surface area contributed by atoms with Gasteiger partial charge in [0.1, 0.15) is 11.4 Å². The van der Waals surface area contributed by atoms with Crippen molar-refractivity contribution < 1.29 is 27.8 Å². The number of hydrogen-bond donors (Lipinski definition) is 2. The van der Waals surface area contributed by atoms with Crippen molar-refractivity contribution >= 4 is 17.5 Å². The zero-order valence-corrected chi connectivity index (χ0v) is 17.3. The molecule has 1 saturated carbocycles.